The van der Waals surface area contributed by atoms with Crippen molar-refractivity contribution < 1.29 is 9.59 Å². The minimum atomic E-state index is -0.588. The first-order valence-corrected chi connectivity index (χ1v) is 9.29. The Kier molecular flexibility index (Phi) is 3.59. The molecule has 7 nitrogen and oxygen atoms in total. The van der Waals surface area contributed by atoms with Crippen molar-refractivity contribution in [2.24, 2.45) is 5.73 Å². The van der Waals surface area contributed by atoms with E-state index in [0.717, 1.165) is 11.3 Å². The molecule has 0 saturated carbocycles. The van der Waals surface area contributed by atoms with Crippen molar-refractivity contribution in [3.05, 3.63) is 65.8 Å². The molecule has 4 heterocycles. The number of aromatic nitrogens is 2. The molecule has 0 spiro atoms. The maximum Gasteiger partial charge on any atom is 0.331 e. The first-order valence-electron chi connectivity index (χ1n) is 8.47. The van der Waals surface area contributed by atoms with Gasteiger partial charge in [-0.15, -0.1) is 11.3 Å². The number of nitrogens with one attached hydrogen (secondary N) is 1. The van der Waals surface area contributed by atoms with Crippen LogP contribution in [0.25, 0.3) is 21.5 Å². The van der Waals surface area contributed by atoms with E-state index in [1.54, 1.807) is 23.4 Å². The number of benzene rings is 1. The van der Waals surface area contributed by atoms with E-state index < -0.39 is 5.91 Å². The summed E-state index contributed by atoms with van der Waals surface area (Å²) in [6.45, 7) is 0. The Morgan fingerprint density at radius 1 is 1.07 bits per heavy atom. The predicted molar refractivity (Wildman–Crippen MR) is 109 cm³/mol. The molecule has 1 aliphatic rings. The molecule has 136 valence electrons. The zero-order valence-corrected chi connectivity index (χ0v) is 15.2. The molecule has 0 saturated heterocycles. The van der Waals surface area contributed by atoms with Crippen molar-refractivity contribution in [3.8, 4) is 11.3 Å². The summed E-state index contributed by atoms with van der Waals surface area (Å²) in [7, 11) is 0. The van der Waals surface area contributed by atoms with Crippen LogP contribution >= 0.6 is 11.3 Å². The molecule has 0 unspecified atom stereocenters. The van der Waals surface area contributed by atoms with Crippen molar-refractivity contribution in [1.29, 1.82) is 0 Å². The Labute approximate surface area is 163 Å². The summed E-state index contributed by atoms with van der Waals surface area (Å²) >= 11 is 1.17. The van der Waals surface area contributed by atoms with Crippen molar-refractivity contribution in [3.63, 3.8) is 0 Å². The molecule has 4 aromatic rings. The predicted octanol–water partition coefficient (Wildman–Crippen LogP) is 4.14. The van der Waals surface area contributed by atoms with E-state index in [1.807, 2.05) is 42.5 Å². The molecule has 0 atom stereocenters. The number of anilines is 3. The largest absolute Gasteiger partial charge is 0.365 e. The van der Waals surface area contributed by atoms with Crippen LogP contribution in [-0.4, -0.2) is 21.9 Å². The van der Waals surface area contributed by atoms with Gasteiger partial charge in [-0.3, -0.25) is 14.7 Å². The van der Waals surface area contributed by atoms with Gasteiger partial charge in [-0.1, -0.05) is 18.2 Å². The minimum absolute atomic E-state index is 0.296. The monoisotopic (exact) mass is 387 g/mol. The highest BCUT2D eigenvalue weighted by atomic mass is 32.1. The van der Waals surface area contributed by atoms with Crippen LogP contribution in [0.3, 0.4) is 0 Å². The Bertz CT molecular complexity index is 1250. The zero-order chi connectivity index (χ0) is 19.3. The molecular formula is C20H13N5O2S. The number of hydrogen-bond donors (Lipinski definition) is 2. The highest BCUT2D eigenvalue weighted by Crippen LogP contribution is 2.45. The van der Waals surface area contributed by atoms with Gasteiger partial charge in [0.1, 0.15) is 9.71 Å². The lowest BCUT2D eigenvalue weighted by molar-refractivity contribution is 0.100. The van der Waals surface area contributed by atoms with Gasteiger partial charge in [0.25, 0.3) is 5.91 Å². The molecule has 0 bridgehead atoms. The lowest BCUT2D eigenvalue weighted by Crippen LogP contribution is -2.34. The average molecular weight is 387 g/mol. The van der Waals surface area contributed by atoms with Crippen LogP contribution in [0.2, 0.25) is 0 Å². The van der Waals surface area contributed by atoms with Crippen molar-refractivity contribution in [2.45, 2.75) is 0 Å². The number of carbonyl (C=O) groups is 2. The number of primary amides is 1. The van der Waals surface area contributed by atoms with Crippen molar-refractivity contribution >= 4 is 50.6 Å². The average Bonchev–Trinajstić information content (AvgIpc) is 3.09. The molecule has 3 N–H and O–H groups in total. The number of carbonyl (C=O) groups excluding carboxylic acids is 2. The van der Waals surface area contributed by atoms with Gasteiger partial charge < -0.3 is 11.1 Å². The third-order valence-electron chi connectivity index (χ3n) is 4.53. The number of hydrogen-bond acceptors (Lipinski definition) is 5. The molecule has 28 heavy (non-hydrogen) atoms. The first kappa shape index (κ1) is 16.4. The van der Waals surface area contributed by atoms with Gasteiger partial charge in [0, 0.05) is 18.0 Å². The van der Waals surface area contributed by atoms with Gasteiger partial charge in [-0.25, -0.2) is 9.78 Å². The fraction of sp³-hybridized carbons (Fsp3) is 0. The summed E-state index contributed by atoms with van der Waals surface area (Å²) in [6.07, 6.45) is 3.35. The van der Waals surface area contributed by atoms with Crippen LogP contribution in [0.5, 0.6) is 0 Å². The normalized spacial score (nSPS) is 12.9. The van der Waals surface area contributed by atoms with Crippen LogP contribution in [0.4, 0.5) is 21.9 Å². The van der Waals surface area contributed by atoms with Gasteiger partial charge in [-0.2, -0.15) is 0 Å². The first-order chi connectivity index (χ1) is 13.6. The van der Waals surface area contributed by atoms with Crippen LogP contribution < -0.4 is 16.0 Å². The van der Waals surface area contributed by atoms with Crippen LogP contribution in [0.1, 0.15) is 9.67 Å². The molecular weight excluding hydrogens is 374 g/mol. The van der Waals surface area contributed by atoms with Crippen molar-refractivity contribution in [2.75, 3.05) is 10.2 Å². The SMILES string of the molecule is NC(=O)c1sc2nccc3c2c1NC(=O)N3c1cccc(-c2ccccn2)c1. The maximum absolute atomic E-state index is 12.9. The summed E-state index contributed by atoms with van der Waals surface area (Å²) in [5.74, 6) is -0.588. The second-order valence-electron chi connectivity index (χ2n) is 6.21. The van der Waals surface area contributed by atoms with E-state index in [9.17, 15) is 9.59 Å². The van der Waals surface area contributed by atoms with E-state index in [4.69, 9.17) is 5.73 Å². The van der Waals surface area contributed by atoms with Crippen molar-refractivity contribution in [1.82, 2.24) is 9.97 Å². The standard InChI is InChI=1S/C20H13N5O2S/c21-18(26)17-16-15-14(7-9-23-19(15)28-17)25(20(27)24-16)12-5-3-4-11(10-12)13-6-1-2-8-22-13/h1-10H,(H2,21,26)(H,24,27). The number of nitrogens with zero attached hydrogens (tertiary/aromatic N) is 3. The topological polar surface area (TPSA) is 101 Å². The van der Waals surface area contributed by atoms with Gasteiger partial charge >= 0.3 is 6.03 Å². The minimum Gasteiger partial charge on any atom is -0.365 e. The van der Waals surface area contributed by atoms with Crippen LogP contribution in [0.15, 0.2) is 60.9 Å². The molecule has 5 rings (SSSR count). The number of amides is 3. The Morgan fingerprint density at radius 3 is 2.75 bits per heavy atom. The van der Waals surface area contributed by atoms with Gasteiger partial charge in [0.05, 0.1) is 28.1 Å². The molecule has 3 amide bonds. The fourth-order valence-electron chi connectivity index (χ4n) is 3.35. The van der Waals surface area contributed by atoms with Gasteiger partial charge in [0.15, 0.2) is 0 Å². The summed E-state index contributed by atoms with van der Waals surface area (Å²) in [5.41, 5.74) is 8.96. The van der Waals surface area contributed by atoms with Crippen LogP contribution in [0, 0.1) is 0 Å². The molecule has 1 aromatic carbocycles. The summed E-state index contributed by atoms with van der Waals surface area (Å²) in [4.78, 5) is 35.9. The highest BCUT2D eigenvalue weighted by Gasteiger charge is 2.32. The number of rotatable bonds is 3. The lowest BCUT2D eigenvalue weighted by Gasteiger charge is -2.28. The van der Waals surface area contributed by atoms with E-state index in [-0.39, 0.29) is 6.03 Å². The molecule has 0 aliphatic carbocycles. The lowest BCUT2D eigenvalue weighted by atomic mass is 10.1. The second-order valence-corrected chi connectivity index (χ2v) is 7.21. The molecule has 3 aromatic heterocycles. The Morgan fingerprint density at radius 2 is 1.96 bits per heavy atom. The number of thiophene rings is 1. The molecule has 0 fully saturated rings. The summed E-state index contributed by atoms with van der Waals surface area (Å²) < 4.78 is 0. The van der Waals surface area contributed by atoms with Gasteiger partial charge in [-0.05, 0) is 30.3 Å². The third-order valence-corrected chi connectivity index (χ3v) is 5.65. The maximum atomic E-state index is 12.9. The highest BCUT2D eigenvalue weighted by molar-refractivity contribution is 7.21. The Balaban J connectivity index is 1.70. The fourth-order valence-corrected chi connectivity index (χ4v) is 4.32. The van der Waals surface area contributed by atoms with E-state index >= 15 is 0 Å². The number of pyridine rings is 2. The third kappa shape index (κ3) is 2.43. The summed E-state index contributed by atoms with van der Waals surface area (Å²) in [6, 6.07) is 14.7. The summed E-state index contributed by atoms with van der Waals surface area (Å²) in [5, 5.41) is 3.52. The number of urea groups is 1. The van der Waals surface area contributed by atoms with E-state index in [1.165, 1.54) is 11.3 Å². The Hall–Kier alpha value is -3.78. The molecule has 8 heteroatoms. The molecule has 1 aliphatic heterocycles. The van der Waals surface area contributed by atoms with Crippen LogP contribution in [-0.2, 0) is 0 Å². The second kappa shape index (κ2) is 6.14. The number of nitrogens with two attached hydrogens (primary N) is 1. The quantitative estimate of drug-likeness (QED) is 0.551. The van der Waals surface area contributed by atoms with Gasteiger partial charge in [0.2, 0.25) is 0 Å². The van der Waals surface area contributed by atoms with E-state index in [0.29, 0.717) is 32.2 Å². The smallest absolute Gasteiger partial charge is 0.331 e. The molecule has 0 radical (unpaired) electrons. The van der Waals surface area contributed by atoms with E-state index in [2.05, 4.69) is 15.3 Å². The zero-order valence-electron chi connectivity index (χ0n) is 14.4.